The molecule has 0 aliphatic heterocycles. The SMILES string of the molecule is CCn1c(N/N=C/C(Cl)=C/c2ccc([N+](=O)[O-])cc2)nc2c1c(=O)n(C)c(=O)n2C. The number of aromatic nitrogens is 4. The second-order valence-electron chi connectivity index (χ2n) is 6.31. The van der Waals surface area contributed by atoms with Gasteiger partial charge in [0.05, 0.1) is 16.2 Å². The van der Waals surface area contributed by atoms with E-state index in [0.717, 1.165) is 4.57 Å². The molecule has 0 atom stereocenters. The number of rotatable bonds is 6. The fraction of sp³-hybridized carbons (Fsp3) is 0.222. The van der Waals surface area contributed by atoms with Crippen molar-refractivity contribution in [2.45, 2.75) is 13.5 Å². The van der Waals surface area contributed by atoms with Crippen LogP contribution < -0.4 is 16.7 Å². The molecule has 0 aliphatic rings. The van der Waals surface area contributed by atoms with E-state index in [9.17, 15) is 19.7 Å². The minimum atomic E-state index is -0.483. The Bertz CT molecular complexity index is 1300. The number of nitrogens with one attached hydrogen (secondary N) is 1. The maximum absolute atomic E-state index is 12.5. The molecule has 0 saturated heterocycles. The monoisotopic (exact) mass is 431 g/mol. The zero-order valence-corrected chi connectivity index (χ0v) is 17.1. The minimum absolute atomic E-state index is 0.0161. The lowest BCUT2D eigenvalue weighted by Crippen LogP contribution is -2.37. The number of fused-ring (bicyclic) bond motifs is 1. The van der Waals surface area contributed by atoms with E-state index in [2.05, 4.69) is 15.5 Å². The molecule has 156 valence electrons. The molecule has 12 heteroatoms. The first-order valence-electron chi connectivity index (χ1n) is 8.81. The number of hydrogen-bond donors (Lipinski definition) is 1. The number of nitro groups is 1. The molecule has 2 heterocycles. The van der Waals surface area contributed by atoms with Gasteiger partial charge >= 0.3 is 5.69 Å². The lowest BCUT2D eigenvalue weighted by Gasteiger charge is -2.05. The van der Waals surface area contributed by atoms with Crippen molar-refractivity contribution in [3.05, 3.63) is 65.8 Å². The Morgan fingerprint density at radius 2 is 1.93 bits per heavy atom. The number of hydrogen-bond acceptors (Lipinski definition) is 7. The van der Waals surface area contributed by atoms with Crippen LogP contribution in [0.5, 0.6) is 0 Å². The quantitative estimate of drug-likeness (QED) is 0.361. The summed E-state index contributed by atoms with van der Waals surface area (Å²) in [6.45, 7) is 2.26. The molecule has 1 N–H and O–H groups in total. The van der Waals surface area contributed by atoms with Gasteiger partial charge in [0.2, 0.25) is 5.95 Å². The third kappa shape index (κ3) is 3.87. The van der Waals surface area contributed by atoms with Gasteiger partial charge in [0.15, 0.2) is 11.2 Å². The van der Waals surface area contributed by atoms with Gasteiger partial charge in [-0.05, 0) is 30.7 Å². The molecule has 3 rings (SSSR count). The first kappa shape index (κ1) is 21.0. The lowest BCUT2D eigenvalue weighted by atomic mass is 10.2. The summed E-state index contributed by atoms with van der Waals surface area (Å²) >= 11 is 6.14. The largest absolute Gasteiger partial charge is 0.332 e. The zero-order valence-electron chi connectivity index (χ0n) is 16.4. The number of imidazole rings is 1. The second-order valence-corrected chi connectivity index (χ2v) is 6.74. The van der Waals surface area contributed by atoms with Gasteiger partial charge in [-0.2, -0.15) is 10.1 Å². The van der Waals surface area contributed by atoms with Crippen LogP contribution in [-0.4, -0.2) is 29.8 Å². The number of aryl methyl sites for hydroxylation is 2. The number of non-ortho nitro benzene ring substituents is 1. The van der Waals surface area contributed by atoms with E-state index >= 15 is 0 Å². The summed E-state index contributed by atoms with van der Waals surface area (Å²) in [5.41, 5.74) is 2.98. The number of hydrazone groups is 1. The normalized spacial score (nSPS) is 12.1. The Kier molecular flexibility index (Phi) is 5.83. The van der Waals surface area contributed by atoms with Crippen molar-refractivity contribution in [1.82, 2.24) is 18.7 Å². The van der Waals surface area contributed by atoms with Crippen LogP contribution in [0, 0.1) is 10.1 Å². The second kappa shape index (κ2) is 8.33. The maximum Gasteiger partial charge on any atom is 0.332 e. The third-order valence-corrected chi connectivity index (χ3v) is 4.63. The van der Waals surface area contributed by atoms with Crippen molar-refractivity contribution in [3.63, 3.8) is 0 Å². The lowest BCUT2D eigenvalue weighted by molar-refractivity contribution is -0.384. The molecular formula is C18H18ClN7O4. The van der Waals surface area contributed by atoms with Crippen molar-refractivity contribution in [1.29, 1.82) is 0 Å². The Balaban J connectivity index is 1.88. The Labute approximate surface area is 174 Å². The molecule has 0 amide bonds. The molecule has 3 aromatic rings. The van der Waals surface area contributed by atoms with Gasteiger partial charge in [-0.25, -0.2) is 10.2 Å². The molecule has 0 unspecified atom stereocenters. The fourth-order valence-corrected chi connectivity index (χ4v) is 3.05. The predicted molar refractivity (Wildman–Crippen MR) is 115 cm³/mol. The van der Waals surface area contributed by atoms with E-state index in [-0.39, 0.29) is 27.8 Å². The number of allylic oxidation sites excluding steroid dienone is 1. The summed E-state index contributed by atoms with van der Waals surface area (Å²) in [7, 11) is 2.94. The molecule has 0 aliphatic carbocycles. The summed E-state index contributed by atoms with van der Waals surface area (Å²) < 4.78 is 3.93. The van der Waals surface area contributed by atoms with Gasteiger partial charge in [-0.3, -0.25) is 24.0 Å². The number of nitro benzene ring substituents is 1. The molecule has 0 spiro atoms. The van der Waals surface area contributed by atoms with Crippen LogP contribution in [0.2, 0.25) is 0 Å². The fourth-order valence-electron chi connectivity index (χ4n) is 2.88. The van der Waals surface area contributed by atoms with Gasteiger partial charge in [0.25, 0.3) is 11.2 Å². The number of halogens is 1. The molecule has 0 radical (unpaired) electrons. The Hall–Kier alpha value is -3.73. The highest BCUT2D eigenvalue weighted by atomic mass is 35.5. The number of nitrogens with zero attached hydrogens (tertiary/aromatic N) is 6. The molecule has 1 aromatic carbocycles. The van der Waals surface area contributed by atoms with Crippen molar-refractivity contribution in [2.24, 2.45) is 19.2 Å². The van der Waals surface area contributed by atoms with Gasteiger partial charge in [0, 0.05) is 32.8 Å². The van der Waals surface area contributed by atoms with E-state index in [1.54, 1.807) is 22.8 Å². The van der Waals surface area contributed by atoms with E-state index in [1.165, 1.54) is 37.0 Å². The molecule has 2 aromatic heterocycles. The van der Waals surface area contributed by atoms with Crippen LogP contribution >= 0.6 is 11.6 Å². The topological polar surface area (TPSA) is 129 Å². The van der Waals surface area contributed by atoms with Gasteiger partial charge < -0.3 is 4.57 Å². The van der Waals surface area contributed by atoms with Crippen LogP contribution in [-0.2, 0) is 20.6 Å². The minimum Gasteiger partial charge on any atom is -0.303 e. The zero-order chi connectivity index (χ0) is 22.0. The van der Waals surface area contributed by atoms with Crippen LogP contribution in [0.4, 0.5) is 11.6 Å². The Morgan fingerprint density at radius 1 is 1.27 bits per heavy atom. The van der Waals surface area contributed by atoms with E-state index < -0.39 is 16.2 Å². The average molecular weight is 432 g/mol. The smallest absolute Gasteiger partial charge is 0.303 e. The van der Waals surface area contributed by atoms with Crippen LogP contribution in [0.3, 0.4) is 0 Å². The predicted octanol–water partition coefficient (Wildman–Crippen LogP) is 2.04. The van der Waals surface area contributed by atoms with Gasteiger partial charge in [0.1, 0.15) is 0 Å². The van der Waals surface area contributed by atoms with E-state index in [1.807, 2.05) is 6.92 Å². The van der Waals surface area contributed by atoms with E-state index in [0.29, 0.717) is 12.1 Å². The van der Waals surface area contributed by atoms with E-state index in [4.69, 9.17) is 11.6 Å². The first-order valence-corrected chi connectivity index (χ1v) is 9.19. The maximum atomic E-state index is 12.5. The summed E-state index contributed by atoms with van der Waals surface area (Å²) in [6, 6.07) is 5.88. The summed E-state index contributed by atoms with van der Waals surface area (Å²) in [5.74, 6) is 0.279. The van der Waals surface area contributed by atoms with Crippen LogP contribution in [0.15, 0.2) is 44.0 Å². The van der Waals surface area contributed by atoms with Gasteiger partial charge in [-0.1, -0.05) is 11.6 Å². The number of anilines is 1. The van der Waals surface area contributed by atoms with Crippen LogP contribution in [0.25, 0.3) is 17.2 Å². The molecule has 0 bridgehead atoms. The van der Waals surface area contributed by atoms with Crippen molar-refractivity contribution >= 4 is 46.7 Å². The van der Waals surface area contributed by atoms with Crippen molar-refractivity contribution in [2.75, 3.05) is 5.43 Å². The summed E-state index contributed by atoms with van der Waals surface area (Å²) in [4.78, 5) is 39.1. The Morgan fingerprint density at radius 3 is 2.53 bits per heavy atom. The summed E-state index contributed by atoms with van der Waals surface area (Å²) in [5, 5.41) is 15.0. The molecule has 30 heavy (non-hydrogen) atoms. The van der Waals surface area contributed by atoms with Crippen molar-refractivity contribution in [3.8, 4) is 0 Å². The van der Waals surface area contributed by atoms with Crippen molar-refractivity contribution < 1.29 is 4.92 Å². The highest BCUT2D eigenvalue weighted by molar-refractivity contribution is 6.41. The first-order chi connectivity index (χ1) is 14.2. The average Bonchev–Trinajstić information content (AvgIpc) is 3.09. The molecular weight excluding hydrogens is 414 g/mol. The third-order valence-electron chi connectivity index (χ3n) is 4.43. The molecule has 11 nitrogen and oxygen atoms in total. The molecule has 0 fully saturated rings. The number of benzene rings is 1. The standard InChI is InChI=1S/C18H18ClN7O4/c1-4-25-14-15(23(2)18(28)24(3)16(14)27)21-17(25)22-20-10-12(19)9-11-5-7-13(8-6-11)26(29)30/h5-10H,4H2,1-3H3,(H,21,22)/b12-9-,20-10+. The molecule has 0 saturated carbocycles. The highest BCUT2D eigenvalue weighted by Crippen LogP contribution is 2.17. The highest BCUT2D eigenvalue weighted by Gasteiger charge is 2.17. The van der Waals surface area contributed by atoms with Gasteiger partial charge in [-0.15, -0.1) is 0 Å². The summed E-state index contributed by atoms with van der Waals surface area (Å²) in [6.07, 6.45) is 2.91. The van der Waals surface area contributed by atoms with Crippen LogP contribution in [0.1, 0.15) is 12.5 Å².